The largest absolute Gasteiger partial charge is 0.459 e. The van der Waals surface area contributed by atoms with E-state index in [0.29, 0.717) is 23.1 Å². The Labute approximate surface area is 145 Å². The smallest absolute Gasteiger partial charge is 0.263 e. The molecule has 1 atom stereocenters. The van der Waals surface area contributed by atoms with Crippen molar-refractivity contribution < 1.29 is 13.6 Å². The molecule has 1 fully saturated rings. The molecular weight excluding hydrogens is 318 g/mol. The van der Waals surface area contributed by atoms with E-state index >= 15 is 0 Å². The average Bonchev–Trinajstić information content (AvgIpc) is 3.37. The van der Waals surface area contributed by atoms with Gasteiger partial charge in [-0.3, -0.25) is 9.78 Å². The first-order valence-corrected chi connectivity index (χ1v) is 8.43. The van der Waals surface area contributed by atoms with Crippen LogP contribution < -0.4 is 0 Å². The maximum atomic E-state index is 12.8. The van der Waals surface area contributed by atoms with Crippen LogP contribution in [0.2, 0.25) is 0 Å². The lowest BCUT2D eigenvalue weighted by molar-refractivity contribution is -0.131. The minimum Gasteiger partial charge on any atom is -0.459 e. The van der Waals surface area contributed by atoms with Crippen LogP contribution >= 0.6 is 0 Å². The molecule has 0 aromatic carbocycles. The fourth-order valence-corrected chi connectivity index (χ4v) is 3.29. The van der Waals surface area contributed by atoms with Crippen molar-refractivity contribution >= 4 is 5.91 Å². The second-order valence-electron chi connectivity index (χ2n) is 6.18. The van der Waals surface area contributed by atoms with Gasteiger partial charge in [0.2, 0.25) is 5.91 Å². The number of likely N-dealkylation sites (tertiary alicyclic amines) is 1. The Balaban J connectivity index is 1.52. The molecule has 1 amide bonds. The molecule has 25 heavy (non-hydrogen) atoms. The predicted molar refractivity (Wildman–Crippen MR) is 90.6 cm³/mol. The van der Waals surface area contributed by atoms with Gasteiger partial charge in [-0.15, -0.1) is 0 Å². The molecule has 1 saturated heterocycles. The first-order valence-electron chi connectivity index (χ1n) is 8.43. The van der Waals surface area contributed by atoms with E-state index in [2.05, 4.69) is 9.97 Å². The highest BCUT2D eigenvalue weighted by molar-refractivity contribution is 5.79. The van der Waals surface area contributed by atoms with E-state index < -0.39 is 0 Å². The number of oxazole rings is 1. The second kappa shape index (κ2) is 6.55. The van der Waals surface area contributed by atoms with Crippen molar-refractivity contribution in [2.45, 2.75) is 32.2 Å². The molecule has 0 N–H and O–H groups in total. The number of carbonyl (C=O) groups is 1. The summed E-state index contributed by atoms with van der Waals surface area (Å²) in [5.74, 6) is 1.67. The summed E-state index contributed by atoms with van der Waals surface area (Å²) in [5, 5.41) is 0. The molecule has 128 valence electrons. The number of pyridine rings is 1. The lowest BCUT2D eigenvalue weighted by Crippen LogP contribution is -2.32. The van der Waals surface area contributed by atoms with Crippen molar-refractivity contribution in [3.63, 3.8) is 0 Å². The van der Waals surface area contributed by atoms with Gasteiger partial charge < -0.3 is 13.7 Å². The zero-order valence-electron chi connectivity index (χ0n) is 14.0. The van der Waals surface area contributed by atoms with Crippen LogP contribution in [0.3, 0.4) is 0 Å². The molecule has 0 spiro atoms. The van der Waals surface area contributed by atoms with Crippen LogP contribution in [0.5, 0.6) is 0 Å². The van der Waals surface area contributed by atoms with Gasteiger partial charge in [-0.1, -0.05) is 6.07 Å². The standard InChI is InChI=1S/C19H19N3O3/c1-13-15(21-19(25-13)17-8-5-11-24-17)12-18(23)22-10-4-7-16(22)14-6-2-3-9-20-14/h2-3,5-6,8-9,11,16H,4,7,10,12H2,1H3/t16-/m0/s1. The number of hydrogen-bond acceptors (Lipinski definition) is 5. The van der Waals surface area contributed by atoms with Gasteiger partial charge in [0.05, 0.1) is 30.1 Å². The van der Waals surface area contributed by atoms with Gasteiger partial charge in [0, 0.05) is 12.7 Å². The Morgan fingerprint density at radius 1 is 1.32 bits per heavy atom. The number of hydrogen-bond donors (Lipinski definition) is 0. The highest BCUT2D eigenvalue weighted by atomic mass is 16.4. The number of nitrogens with zero attached hydrogens (tertiary/aromatic N) is 3. The maximum absolute atomic E-state index is 12.8. The molecule has 4 heterocycles. The second-order valence-corrected chi connectivity index (χ2v) is 6.18. The van der Waals surface area contributed by atoms with Crippen molar-refractivity contribution in [2.75, 3.05) is 6.54 Å². The Bertz CT molecular complexity index is 855. The van der Waals surface area contributed by atoms with Crippen LogP contribution in [0.15, 0.2) is 51.6 Å². The molecular formula is C19H19N3O3. The highest BCUT2D eigenvalue weighted by Gasteiger charge is 2.31. The van der Waals surface area contributed by atoms with E-state index in [-0.39, 0.29) is 18.4 Å². The van der Waals surface area contributed by atoms with Crippen molar-refractivity contribution in [1.82, 2.24) is 14.9 Å². The summed E-state index contributed by atoms with van der Waals surface area (Å²) in [5.41, 5.74) is 1.60. The third kappa shape index (κ3) is 3.07. The van der Waals surface area contributed by atoms with Gasteiger partial charge >= 0.3 is 0 Å². The summed E-state index contributed by atoms with van der Waals surface area (Å²) in [7, 11) is 0. The third-order valence-corrected chi connectivity index (χ3v) is 4.55. The monoisotopic (exact) mass is 337 g/mol. The summed E-state index contributed by atoms with van der Waals surface area (Å²) in [6, 6.07) is 9.44. The van der Waals surface area contributed by atoms with Gasteiger partial charge in [0.25, 0.3) is 5.89 Å². The fourth-order valence-electron chi connectivity index (χ4n) is 3.29. The molecule has 4 rings (SSSR count). The van der Waals surface area contributed by atoms with Crippen LogP contribution in [0.4, 0.5) is 0 Å². The molecule has 6 nitrogen and oxygen atoms in total. The molecule has 0 radical (unpaired) electrons. The van der Waals surface area contributed by atoms with Gasteiger partial charge in [-0.05, 0) is 44.0 Å². The highest BCUT2D eigenvalue weighted by Crippen LogP contribution is 2.31. The van der Waals surface area contributed by atoms with Crippen molar-refractivity contribution in [3.8, 4) is 11.7 Å². The number of amides is 1. The predicted octanol–water partition coefficient (Wildman–Crippen LogP) is 3.54. The van der Waals surface area contributed by atoms with Gasteiger partial charge in [0.15, 0.2) is 5.76 Å². The number of furan rings is 1. The zero-order chi connectivity index (χ0) is 17.2. The van der Waals surface area contributed by atoms with Crippen LogP contribution in [0.25, 0.3) is 11.7 Å². The molecule has 1 aliphatic heterocycles. The quantitative estimate of drug-likeness (QED) is 0.728. The van der Waals surface area contributed by atoms with Gasteiger partial charge in [-0.25, -0.2) is 4.98 Å². The first-order chi connectivity index (χ1) is 12.2. The number of aryl methyl sites for hydroxylation is 1. The first kappa shape index (κ1) is 15.6. The summed E-state index contributed by atoms with van der Waals surface area (Å²) in [6.45, 7) is 2.57. The number of aromatic nitrogens is 2. The SMILES string of the molecule is Cc1oc(-c2ccco2)nc1CC(=O)N1CCC[C@H]1c1ccccn1. The maximum Gasteiger partial charge on any atom is 0.263 e. The van der Waals surface area contributed by atoms with Crippen LogP contribution in [-0.2, 0) is 11.2 Å². The van der Waals surface area contributed by atoms with Crippen LogP contribution in [-0.4, -0.2) is 27.3 Å². The Hall–Kier alpha value is -2.89. The fraction of sp³-hybridized carbons (Fsp3) is 0.316. The van der Waals surface area contributed by atoms with Crippen molar-refractivity contribution in [1.29, 1.82) is 0 Å². The lowest BCUT2D eigenvalue weighted by atomic mass is 10.1. The van der Waals surface area contributed by atoms with Crippen molar-refractivity contribution in [3.05, 3.63) is 59.9 Å². The van der Waals surface area contributed by atoms with Crippen LogP contribution in [0, 0.1) is 6.92 Å². The zero-order valence-corrected chi connectivity index (χ0v) is 14.0. The van der Waals surface area contributed by atoms with E-state index in [4.69, 9.17) is 8.83 Å². The summed E-state index contributed by atoms with van der Waals surface area (Å²) in [6.07, 6.45) is 5.50. The average molecular weight is 337 g/mol. The number of rotatable bonds is 4. The molecule has 1 aliphatic rings. The molecule has 0 unspecified atom stereocenters. The normalized spacial score (nSPS) is 17.2. The lowest BCUT2D eigenvalue weighted by Gasteiger charge is -2.24. The van der Waals surface area contributed by atoms with Crippen molar-refractivity contribution in [2.24, 2.45) is 0 Å². The van der Waals surface area contributed by atoms with Gasteiger partial charge in [-0.2, -0.15) is 0 Å². The summed E-state index contributed by atoms with van der Waals surface area (Å²) >= 11 is 0. The molecule has 0 saturated carbocycles. The topological polar surface area (TPSA) is 72.4 Å². The molecule has 3 aromatic heterocycles. The van der Waals surface area contributed by atoms with Crippen LogP contribution in [0.1, 0.15) is 36.0 Å². The van der Waals surface area contributed by atoms with E-state index in [0.717, 1.165) is 25.1 Å². The van der Waals surface area contributed by atoms with E-state index in [1.807, 2.05) is 30.0 Å². The third-order valence-electron chi connectivity index (χ3n) is 4.55. The number of carbonyl (C=O) groups excluding carboxylic acids is 1. The summed E-state index contributed by atoms with van der Waals surface area (Å²) < 4.78 is 11.0. The molecule has 3 aromatic rings. The Kier molecular flexibility index (Phi) is 4.09. The summed E-state index contributed by atoms with van der Waals surface area (Å²) in [4.78, 5) is 23.6. The molecule has 0 bridgehead atoms. The molecule has 0 aliphatic carbocycles. The minimum absolute atomic E-state index is 0.0467. The molecule has 6 heteroatoms. The Morgan fingerprint density at radius 3 is 3.00 bits per heavy atom. The minimum atomic E-state index is 0.0467. The van der Waals surface area contributed by atoms with E-state index in [9.17, 15) is 4.79 Å². The van der Waals surface area contributed by atoms with E-state index in [1.54, 1.807) is 24.6 Å². The Morgan fingerprint density at radius 2 is 2.24 bits per heavy atom. The van der Waals surface area contributed by atoms with E-state index in [1.165, 1.54) is 0 Å². The van der Waals surface area contributed by atoms with Gasteiger partial charge in [0.1, 0.15) is 5.76 Å².